The number of carbonyl (C=O) groups is 11. The molecule has 0 spiro atoms. The molecule has 0 unspecified atom stereocenters. The second-order valence-corrected chi connectivity index (χ2v) is 28.0. The molecule has 11 amide bonds. The summed E-state index contributed by atoms with van der Waals surface area (Å²) in [5, 5.41) is 23.4. The number of hydrogen-bond acceptors (Lipinski definition) is 13. The van der Waals surface area contributed by atoms with Gasteiger partial charge in [-0.1, -0.05) is 129 Å². The molecule has 1 aliphatic heterocycles. The van der Waals surface area contributed by atoms with Crippen molar-refractivity contribution >= 4 is 65.0 Å². The molecular weight excluding hydrogens is 1150 g/mol. The smallest absolute Gasteiger partial charge is 0.246 e. The zero-order valence-corrected chi connectivity index (χ0v) is 59.4. The van der Waals surface area contributed by atoms with Gasteiger partial charge in [0, 0.05) is 49.3 Å². The molecule has 1 saturated heterocycles. The number of nitrogens with one attached hydrogen (secondary N) is 4. The Bertz CT molecular complexity index is 2370. The molecule has 518 valence electrons. The lowest BCUT2D eigenvalue weighted by Gasteiger charge is -2.41. The van der Waals surface area contributed by atoms with Crippen LogP contribution in [0.25, 0.3) is 0 Å². The summed E-state index contributed by atoms with van der Waals surface area (Å²) in [5.41, 5.74) is 5.70. The summed E-state index contributed by atoms with van der Waals surface area (Å²) < 4.78 is 0. The van der Waals surface area contributed by atoms with Crippen molar-refractivity contribution in [3.8, 4) is 0 Å². The Morgan fingerprint density at radius 3 is 1.31 bits per heavy atom. The molecule has 0 aromatic heterocycles. The largest absolute Gasteiger partial charge is 0.390 e. The van der Waals surface area contributed by atoms with Gasteiger partial charge < -0.3 is 66.4 Å². The highest BCUT2D eigenvalue weighted by molar-refractivity contribution is 5.99. The molecular formula is C66H122N12O12. The van der Waals surface area contributed by atoms with Crippen molar-refractivity contribution in [2.45, 2.75) is 254 Å². The second-order valence-electron chi connectivity index (χ2n) is 28.0. The fourth-order valence-electron chi connectivity index (χ4n) is 11.7. The van der Waals surface area contributed by atoms with Crippen molar-refractivity contribution in [1.29, 1.82) is 0 Å². The molecule has 12 atom stereocenters. The number of unbranched alkanes of at least 4 members (excludes halogenated alkanes) is 5. The first kappa shape index (κ1) is 82.1. The molecule has 1 fully saturated rings. The van der Waals surface area contributed by atoms with E-state index < -0.39 is 156 Å². The van der Waals surface area contributed by atoms with Gasteiger partial charge in [0.15, 0.2) is 0 Å². The first-order valence-electron chi connectivity index (χ1n) is 33.2. The zero-order chi connectivity index (χ0) is 69.5. The van der Waals surface area contributed by atoms with Crippen molar-refractivity contribution < 1.29 is 57.8 Å². The van der Waals surface area contributed by atoms with Gasteiger partial charge >= 0.3 is 0 Å². The van der Waals surface area contributed by atoms with Gasteiger partial charge in [-0.3, -0.25) is 52.7 Å². The Kier molecular flexibility index (Phi) is 35.4. The van der Waals surface area contributed by atoms with E-state index in [1.165, 1.54) is 87.7 Å². The first-order valence-corrected chi connectivity index (χ1v) is 33.2. The summed E-state index contributed by atoms with van der Waals surface area (Å²) in [7, 11) is 10.0. The molecule has 0 bridgehead atoms. The maximum absolute atomic E-state index is 15.3. The molecule has 24 nitrogen and oxygen atoms in total. The van der Waals surface area contributed by atoms with Crippen molar-refractivity contribution in [2.24, 2.45) is 47.2 Å². The SMILES string of the molecule is CC[C@@H]1NC(=O)[C@H]([C@H](O)[C@H](C)CCCCCCCCN)N(C)C(=O)[C@H](C(C)C)N(C)C(=O)[C@H](CC(C)C)N(C)C(=O)[C@H](CC(C)C)N(C)C(=O)[C@H](C)NC(=O)[C@@H](C)NC(=O)[C@@H](CC(C)C)N(C)C(=O)[C@@H](C(C)C)NC(=O)[C@H](CC(C)C)N(C)C(=O)CN(C)C1=O. The first-order chi connectivity index (χ1) is 41.7. The minimum Gasteiger partial charge on any atom is -0.390 e. The monoisotopic (exact) mass is 1270 g/mol. The van der Waals surface area contributed by atoms with E-state index in [1.807, 2.05) is 55.4 Å². The van der Waals surface area contributed by atoms with E-state index in [2.05, 4.69) is 21.3 Å². The molecule has 90 heavy (non-hydrogen) atoms. The number of aliphatic hydroxyl groups excluding tert-OH is 1. The van der Waals surface area contributed by atoms with E-state index in [9.17, 15) is 38.7 Å². The van der Waals surface area contributed by atoms with E-state index in [1.54, 1.807) is 41.5 Å². The molecule has 0 saturated carbocycles. The summed E-state index contributed by atoms with van der Waals surface area (Å²) in [6.07, 6.45) is 5.11. The fraction of sp³-hybridized carbons (Fsp3) is 0.833. The molecule has 24 heteroatoms. The molecule has 1 rings (SSSR count). The Hall–Kier alpha value is -5.91. The van der Waals surface area contributed by atoms with E-state index in [4.69, 9.17) is 5.73 Å². The third kappa shape index (κ3) is 24.3. The lowest BCUT2D eigenvalue weighted by molar-refractivity contribution is -0.157. The zero-order valence-electron chi connectivity index (χ0n) is 59.4. The van der Waals surface area contributed by atoms with Gasteiger partial charge in [-0.25, -0.2) is 0 Å². The lowest BCUT2D eigenvalue weighted by atomic mass is 9.90. The van der Waals surface area contributed by atoms with Crippen LogP contribution in [0.15, 0.2) is 0 Å². The maximum Gasteiger partial charge on any atom is 0.246 e. The number of hydrogen-bond donors (Lipinski definition) is 6. The number of nitrogens with zero attached hydrogens (tertiary/aromatic N) is 7. The Labute approximate surface area is 540 Å². The van der Waals surface area contributed by atoms with Gasteiger partial charge in [0.25, 0.3) is 0 Å². The highest BCUT2D eigenvalue weighted by Crippen LogP contribution is 2.26. The van der Waals surface area contributed by atoms with Crippen LogP contribution in [0.3, 0.4) is 0 Å². The van der Waals surface area contributed by atoms with Gasteiger partial charge in [0.05, 0.1) is 12.6 Å². The number of amides is 11. The molecule has 1 aliphatic rings. The quantitative estimate of drug-likeness (QED) is 0.0888. The van der Waals surface area contributed by atoms with Crippen molar-refractivity contribution in [2.75, 3.05) is 62.4 Å². The van der Waals surface area contributed by atoms with Crippen molar-refractivity contribution in [1.82, 2.24) is 55.6 Å². The summed E-state index contributed by atoms with van der Waals surface area (Å²) in [6, 6.07) is -12.3. The second kappa shape index (κ2) is 38.8. The fourth-order valence-corrected chi connectivity index (χ4v) is 11.7. The lowest BCUT2D eigenvalue weighted by Crippen LogP contribution is -2.63. The normalized spacial score (nSPS) is 26.0. The van der Waals surface area contributed by atoms with Crippen LogP contribution in [0.5, 0.6) is 0 Å². The highest BCUT2D eigenvalue weighted by atomic mass is 16.3. The van der Waals surface area contributed by atoms with E-state index in [0.717, 1.165) is 41.9 Å². The number of rotatable bonds is 21. The van der Waals surface area contributed by atoms with Crippen LogP contribution in [0.2, 0.25) is 0 Å². The third-order valence-corrected chi connectivity index (χ3v) is 17.4. The number of aliphatic hydroxyl groups is 1. The van der Waals surface area contributed by atoms with Crippen LogP contribution in [-0.2, 0) is 52.7 Å². The van der Waals surface area contributed by atoms with Crippen LogP contribution in [0.1, 0.15) is 188 Å². The predicted molar refractivity (Wildman–Crippen MR) is 350 cm³/mol. The third-order valence-electron chi connectivity index (χ3n) is 17.4. The Balaban J connectivity index is 4.31. The molecule has 0 aromatic rings. The topological polar surface area (TPSA) is 305 Å². The average Bonchev–Trinajstić information content (AvgIpc) is 0.858. The van der Waals surface area contributed by atoms with Gasteiger partial charge in [0.2, 0.25) is 65.0 Å². The summed E-state index contributed by atoms with van der Waals surface area (Å²) >= 11 is 0. The minimum atomic E-state index is -1.59. The van der Waals surface area contributed by atoms with Crippen LogP contribution < -0.4 is 27.0 Å². The van der Waals surface area contributed by atoms with Crippen molar-refractivity contribution in [3.63, 3.8) is 0 Å². The maximum atomic E-state index is 15.3. The van der Waals surface area contributed by atoms with Crippen LogP contribution >= 0.6 is 0 Å². The number of likely N-dealkylation sites (N-methyl/N-ethyl adjacent to an activating group) is 7. The molecule has 0 aliphatic carbocycles. The van der Waals surface area contributed by atoms with E-state index >= 15 is 19.2 Å². The summed E-state index contributed by atoms with van der Waals surface area (Å²) in [6.45, 7) is 28.3. The average molecular weight is 1280 g/mol. The van der Waals surface area contributed by atoms with E-state index in [-0.39, 0.29) is 55.8 Å². The van der Waals surface area contributed by atoms with Gasteiger partial charge in [0.1, 0.15) is 60.4 Å². The van der Waals surface area contributed by atoms with Crippen LogP contribution in [-0.4, -0.2) is 233 Å². The Morgan fingerprint density at radius 2 is 0.844 bits per heavy atom. The molecule has 0 radical (unpaired) electrons. The standard InChI is InChI=1S/C66H122N12O12/c1-24-47-62(86)72(17)37-52(79)73(18)48(33-38(2)3)59(83)71-53(42(10)11)65(89)74(19)49(34-39(4)5)58(82)68-45(15)57(81)69-46(16)61(85)75(20)50(35-40(6)7)63(87)76(21)51(36-41(8)9)64(88)77(22)54(43(12)13)66(90)78(23)55(60(84)70-47)56(80)44(14)31-29-27-25-26-28-30-32-67/h38-51,53-56,80H,24-37,67H2,1-23H3,(H,68,82)(H,69,81)(H,70,84)(H,71,83)/t44-,45-,46+,47+,48+,49-,50+,51+,53-,54+,55+,56-/m1/s1. The van der Waals surface area contributed by atoms with Gasteiger partial charge in [-0.15, -0.1) is 0 Å². The predicted octanol–water partition coefficient (Wildman–Crippen LogP) is 3.99. The molecule has 0 aromatic carbocycles. The van der Waals surface area contributed by atoms with Crippen LogP contribution in [0.4, 0.5) is 0 Å². The summed E-state index contributed by atoms with van der Waals surface area (Å²) in [4.78, 5) is 170. The van der Waals surface area contributed by atoms with E-state index in [0.29, 0.717) is 19.4 Å². The Morgan fingerprint density at radius 1 is 0.433 bits per heavy atom. The molecule has 1 heterocycles. The number of carbonyl (C=O) groups excluding carboxylic acids is 11. The highest BCUT2D eigenvalue weighted by Gasteiger charge is 2.46. The van der Waals surface area contributed by atoms with Crippen molar-refractivity contribution in [3.05, 3.63) is 0 Å². The van der Waals surface area contributed by atoms with Gasteiger partial charge in [-0.05, 0) is 107 Å². The van der Waals surface area contributed by atoms with Crippen LogP contribution in [0, 0.1) is 41.4 Å². The van der Waals surface area contributed by atoms with Gasteiger partial charge in [-0.2, -0.15) is 0 Å². The summed E-state index contributed by atoms with van der Waals surface area (Å²) in [5.74, 6) is -9.57. The number of nitrogens with two attached hydrogens (primary N) is 1. The minimum absolute atomic E-state index is 0.0284. The molecule has 7 N–H and O–H groups in total.